The summed E-state index contributed by atoms with van der Waals surface area (Å²) in [7, 11) is 0. The summed E-state index contributed by atoms with van der Waals surface area (Å²) in [6.07, 6.45) is 2.91. The van der Waals surface area contributed by atoms with Gasteiger partial charge in [-0.2, -0.15) is 0 Å². The SMILES string of the molecule is CCc1ccc(C(=O)Cn2ccc3cc(Cl)ccc32)cc1. The van der Waals surface area contributed by atoms with Gasteiger partial charge in [-0.1, -0.05) is 42.8 Å². The van der Waals surface area contributed by atoms with Crippen LogP contribution in [0, 0.1) is 0 Å². The van der Waals surface area contributed by atoms with Crippen LogP contribution in [-0.4, -0.2) is 10.4 Å². The third kappa shape index (κ3) is 2.86. The van der Waals surface area contributed by atoms with Crippen LogP contribution in [-0.2, 0) is 13.0 Å². The minimum atomic E-state index is 0.116. The average molecular weight is 298 g/mol. The Morgan fingerprint density at radius 2 is 1.86 bits per heavy atom. The molecule has 0 fully saturated rings. The van der Waals surface area contributed by atoms with E-state index in [1.807, 2.05) is 59.3 Å². The molecule has 21 heavy (non-hydrogen) atoms. The standard InChI is InChI=1S/C18H16ClNO/c1-2-13-3-5-14(6-4-13)18(21)12-20-10-9-15-11-16(19)7-8-17(15)20/h3-11H,2,12H2,1H3. The minimum Gasteiger partial charge on any atom is -0.340 e. The van der Waals surface area contributed by atoms with Crippen molar-refractivity contribution in [1.82, 2.24) is 4.57 Å². The van der Waals surface area contributed by atoms with Crippen molar-refractivity contribution in [3.63, 3.8) is 0 Å². The number of ketones is 1. The summed E-state index contributed by atoms with van der Waals surface area (Å²) in [6.45, 7) is 2.45. The van der Waals surface area contributed by atoms with Gasteiger partial charge in [0.2, 0.25) is 0 Å². The van der Waals surface area contributed by atoms with Crippen LogP contribution >= 0.6 is 11.6 Å². The lowest BCUT2D eigenvalue weighted by atomic mass is 10.1. The van der Waals surface area contributed by atoms with Gasteiger partial charge in [-0.05, 0) is 36.2 Å². The largest absolute Gasteiger partial charge is 0.340 e. The highest BCUT2D eigenvalue weighted by Gasteiger charge is 2.09. The zero-order valence-corrected chi connectivity index (χ0v) is 12.6. The molecule has 0 bridgehead atoms. The molecular formula is C18H16ClNO. The van der Waals surface area contributed by atoms with Crippen molar-refractivity contribution >= 4 is 28.3 Å². The molecule has 0 spiro atoms. The molecule has 1 heterocycles. The second kappa shape index (κ2) is 5.74. The summed E-state index contributed by atoms with van der Waals surface area (Å²) in [5, 5.41) is 1.76. The molecule has 3 aromatic rings. The number of rotatable bonds is 4. The van der Waals surface area contributed by atoms with E-state index in [9.17, 15) is 4.79 Å². The molecule has 0 N–H and O–H groups in total. The molecule has 3 rings (SSSR count). The van der Waals surface area contributed by atoms with E-state index in [1.165, 1.54) is 5.56 Å². The molecule has 0 unspecified atom stereocenters. The quantitative estimate of drug-likeness (QED) is 0.638. The van der Waals surface area contributed by atoms with E-state index in [2.05, 4.69) is 6.92 Å². The fourth-order valence-corrected chi connectivity index (χ4v) is 2.66. The van der Waals surface area contributed by atoms with Crippen LogP contribution in [0.15, 0.2) is 54.7 Å². The molecule has 2 nitrogen and oxygen atoms in total. The molecular weight excluding hydrogens is 282 g/mol. The maximum absolute atomic E-state index is 12.4. The Morgan fingerprint density at radius 3 is 2.57 bits per heavy atom. The Bertz CT molecular complexity index is 787. The minimum absolute atomic E-state index is 0.116. The Labute approximate surface area is 129 Å². The molecule has 0 saturated heterocycles. The number of benzene rings is 2. The molecule has 106 valence electrons. The molecule has 0 aliphatic heterocycles. The second-order valence-electron chi connectivity index (χ2n) is 5.12. The Balaban J connectivity index is 1.85. The third-order valence-electron chi connectivity index (χ3n) is 3.73. The van der Waals surface area contributed by atoms with Gasteiger partial charge in [0, 0.05) is 27.7 Å². The molecule has 0 aliphatic rings. The van der Waals surface area contributed by atoms with Crippen LogP contribution in [0.4, 0.5) is 0 Å². The smallest absolute Gasteiger partial charge is 0.182 e. The van der Waals surface area contributed by atoms with Crippen LogP contribution in [0.25, 0.3) is 10.9 Å². The molecule has 2 aromatic carbocycles. The molecule has 3 heteroatoms. The summed E-state index contributed by atoms with van der Waals surface area (Å²) in [6, 6.07) is 15.5. The normalized spacial score (nSPS) is 11.0. The van der Waals surface area contributed by atoms with E-state index in [0.717, 1.165) is 22.9 Å². The van der Waals surface area contributed by atoms with E-state index < -0.39 is 0 Å². The number of carbonyl (C=O) groups is 1. The first kappa shape index (κ1) is 13.9. The van der Waals surface area contributed by atoms with Gasteiger partial charge in [0.05, 0.1) is 6.54 Å². The van der Waals surface area contributed by atoms with Crippen molar-refractivity contribution in [2.75, 3.05) is 0 Å². The summed E-state index contributed by atoms with van der Waals surface area (Å²) in [4.78, 5) is 12.4. The van der Waals surface area contributed by atoms with Crippen LogP contribution in [0.1, 0.15) is 22.8 Å². The Kier molecular flexibility index (Phi) is 3.80. The predicted molar refractivity (Wildman–Crippen MR) is 87.1 cm³/mol. The molecule has 0 radical (unpaired) electrons. The lowest BCUT2D eigenvalue weighted by Crippen LogP contribution is -2.09. The van der Waals surface area contributed by atoms with Crippen molar-refractivity contribution in [2.45, 2.75) is 19.9 Å². The van der Waals surface area contributed by atoms with Gasteiger partial charge in [-0.25, -0.2) is 0 Å². The number of aryl methyl sites for hydroxylation is 1. The summed E-state index contributed by atoms with van der Waals surface area (Å²) < 4.78 is 1.96. The first-order valence-corrected chi connectivity index (χ1v) is 7.41. The van der Waals surface area contributed by atoms with Gasteiger partial charge in [-0.3, -0.25) is 4.79 Å². The van der Waals surface area contributed by atoms with E-state index >= 15 is 0 Å². The van der Waals surface area contributed by atoms with Crippen molar-refractivity contribution in [1.29, 1.82) is 0 Å². The first-order chi connectivity index (χ1) is 10.2. The van der Waals surface area contributed by atoms with Gasteiger partial charge < -0.3 is 4.57 Å². The number of carbonyl (C=O) groups excluding carboxylic acids is 1. The number of nitrogens with zero attached hydrogens (tertiary/aromatic N) is 1. The van der Waals surface area contributed by atoms with Gasteiger partial charge in [0.1, 0.15) is 0 Å². The van der Waals surface area contributed by atoms with Gasteiger partial charge in [0.15, 0.2) is 5.78 Å². The van der Waals surface area contributed by atoms with Crippen molar-refractivity contribution in [3.8, 4) is 0 Å². The molecule has 1 aromatic heterocycles. The molecule has 0 amide bonds. The Morgan fingerprint density at radius 1 is 1.10 bits per heavy atom. The number of halogens is 1. The van der Waals surface area contributed by atoms with Crippen LogP contribution in [0.3, 0.4) is 0 Å². The van der Waals surface area contributed by atoms with Crippen molar-refractivity contribution in [3.05, 3.63) is 70.9 Å². The second-order valence-corrected chi connectivity index (χ2v) is 5.56. The van der Waals surface area contributed by atoms with Crippen molar-refractivity contribution in [2.24, 2.45) is 0 Å². The highest BCUT2D eigenvalue weighted by molar-refractivity contribution is 6.31. The summed E-state index contributed by atoms with van der Waals surface area (Å²) >= 11 is 5.98. The van der Waals surface area contributed by atoms with Gasteiger partial charge in [-0.15, -0.1) is 0 Å². The average Bonchev–Trinajstić information content (AvgIpc) is 2.89. The predicted octanol–water partition coefficient (Wildman–Crippen LogP) is 4.74. The number of fused-ring (bicyclic) bond motifs is 1. The zero-order valence-electron chi connectivity index (χ0n) is 11.8. The lowest BCUT2D eigenvalue weighted by molar-refractivity contribution is 0.0973. The Hall–Kier alpha value is -2.06. The fourth-order valence-electron chi connectivity index (χ4n) is 2.48. The van der Waals surface area contributed by atoms with Crippen LogP contribution in [0.2, 0.25) is 5.02 Å². The van der Waals surface area contributed by atoms with Crippen LogP contribution < -0.4 is 0 Å². The monoisotopic (exact) mass is 297 g/mol. The van der Waals surface area contributed by atoms with Crippen molar-refractivity contribution < 1.29 is 4.79 Å². The molecule has 0 aliphatic carbocycles. The number of Topliss-reactive ketones (excluding diaryl/α,β-unsaturated/α-hetero) is 1. The first-order valence-electron chi connectivity index (χ1n) is 7.04. The van der Waals surface area contributed by atoms with E-state index in [0.29, 0.717) is 11.6 Å². The molecule has 0 saturated carbocycles. The number of aromatic nitrogens is 1. The summed E-state index contributed by atoms with van der Waals surface area (Å²) in [5.41, 5.74) is 3.02. The van der Waals surface area contributed by atoms with E-state index in [4.69, 9.17) is 11.6 Å². The highest BCUT2D eigenvalue weighted by Crippen LogP contribution is 2.21. The maximum Gasteiger partial charge on any atom is 0.182 e. The highest BCUT2D eigenvalue weighted by atomic mass is 35.5. The lowest BCUT2D eigenvalue weighted by Gasteiger charge is -2.06. The zero-order chi connectivity index (χ0) is 14.8. The van der Waals surface area contributed by atoms with E-state index in [-0.39, 0.29) is 5.78 Å². The number of hydrogen-bond donors (Lipinski definition) is 0. The third-order valence-corrected chi connectivity index (χ3v) is 3.97. The molecule has 0 atom stereocenters. The number of hydrogen-bond acceptors (Lipinski definition) is 1. The van der Waals surface area contributed by atoms with Gasteiger partial charge in [0.25, 0.3) is 0 Å². The van der Waals surface area contributed by atoms with E-state index in [1.54, 1.807) is 0 Å². The fraction of sp³-hybridized carbons (Fsp3) is 0.167. The topological polar surface area (TPSA) is 22.0 Å². The van der Waals surface area contributed by atoms with Crippen LogP contribution in [0.5, 0.6) is 0 Å². The summed E-state index contributed by atoms with van der Waals surface area (Å²) in [5.74, 6) is 0.116. The van der Waals surface area contributed by atoms with Gasteiger partial charge >= 0.3 is 0 Å². The maximum atomic E-state index is 12.4.